The second-order valence-electron chi connectivity index (χ2n) is 7.31. The summed E-state index contributed by atoms with van der Waals surface area (Å²) >= 11 is -1.76. The molecule has 4 rings (SSSR count). The van der Waals surface area contributed by atoms with E-state index in [0.717, 1.165) is 11.1 Å². The van der Waals surface area contributed by atoms with Crippen LogP contribution in [-0.4, -0.2) is 31.2 Å². The fraction of sp³-hybridized carbons (Fsp3) is 0.318. The smallest absolute Gasteiger partial charge is 0.328 e. The van der Waals surface area contributed by atoms with E-state index in [9.17, 15) is 9.35 Å². The van der Waals surface area contributed by atoms with Crippen molar-refractivity contribution in [3.05, 3.63) is 53.8 Å². The van der Waals surface area contributed by atoms with Gasteiger partial charge in [-0.3, -0.25) is 4.79 Å². The predicted octanol–water partition coefficient (Wildman–Crippen LogP) is 4.23. The third-order valence-electron chi connectivity index (χ3n) is 4.93. The second kappa shape index (κ2) is 8.00. The number of nitrogens with zero attached hydrogens (tertiary/aromatic N) is 1. The lowest BCUT2D eigenvalue weighted by Gasteiger charge is -2.14. The number of fused-ring (bicyclic) bond motifs is 1. The van der Waals surface area contributed by atoms with Crippen LogP contribution < -0.4 is 14.4 Å². The minimum absolute atomic E-state index is 0.137. The highest BCUT2D eigenvalue weighted by Gasteiger charge is 2.27. The van der Waals surface area contributed by atoms with Gasteiger partial charge in [0.25, 0.3) is 0 Å². The fourth-order valence-corrected chi connectivity index (χ4v) is 4.23. The molecule has 1 atom stereocenters. The van der Waals surface area contributed by atoms with Crippen LogP contribution in [0.3, 0.4) is 0 Å². The molecule has 2 aromatic carbocycles. The molecule has 1 aromatic heterocycles. The molecule has 0 radical (unpaired) electrons. The van der Waals surface area contributed by atoms with Crippen molar-refractivity contribution in [3.8, 4) is 5.75 Å². The van der Waals surface area contributed by atoms with Gasteiger partial charge in [0.1, 0.15) is 16.9 Å². The molecule has 1 unspecified atom stereocenters. The number of carbonyl (C=O) groups is 1. The SMILES string of the molecule is CCOc1ccccc1[S+]([O-])NC(=O)c1cc2c(N(C)C)cc(C3CC3)cc2o1. The number of ether oxygens (including phenoxy) is 1. The Morgan fingerprint density at radius 3 is 2.72 bits per heavy atom. The van der Waals surface area contributed by atoms with Crippen LogP contribution in [0.15, 0.2) is 51.8 Å². The first-order chi connectivity index (χ1) is 14.0. The van der Waals surface area contributed by atoms with Crippen LogP contribution in [0.5, 0.6) is 5.75 Å². The zero-order valence-electron chi connectivity index (χ0n) is 16.7. The lowest BCUT2D eigenvalue weighted by Crippen LogP contribution is -2.30. The zero-order chi connectivity index (χ0) is 20.5. The van der Waals surface area contributed by atoms with Crippen molar-refractivity contribution in [3.63, 3.8) is 0 Å². The molecule has 6 nitrogen and oxygen atoms in total. The molecule has 0 bridgehead atoms. The van der Waals surface area contributed by atoms with Gasteiger partial charge in [0.15, 0.2) is 11.5 Å². The molecule has 1 fully saturated rings. The van der Waals surface area contributed by atoms with Gasteiger partial charge in [0, 0.05) is 25.2 Å². The van der Waals surface area contributed by atoms with Crippen LogP contribution in [0.2, 0.25) is 0 Å². The standard InChI is InChI=1S/C22H24N2O4S/c1-4-27-18-7-5-6-8-21(18)29(26)23-22(25)20-13-16-17(24(2)3)11-15(14-9-10-14)12-19(16)28-20/h5-8,11-14H,4,9-10H2,1-3H3,(H,23,25). The van der Waals surface area contributed by atoms with Gasteiger partial charge in [-0.1, -0.05) is 12.1 Å². The first kappa shape index (κ1) is 19.7. The van der Waals surface area contributed by atoms with Gasteiger partial charge < -0.3 is 18.6 Å². The molecule has 1 amide bonds. The van der Waals surface area contributed by atoms with Crippen molar-refractivity contribution in [2.75, 3.05) is 25.6 Å². The van der Waals surface area contributed by atoms with Crippen LogP contribution >= 0.6 is 0 Å². The molecular weight excluding hydrogens is 388 g/mol. The van der Waals surface area contributed by atoms with Crippen molar-refractivity contribution < 1.29 is 18.5 Å². The summed E-state index contributed by atoms with van der Waals surface area (Å²) in [4.78, 5) is 15.2. The molecule has 1 aliphatic rings. The van der Waals surface area contributed by atoms with E-state index in [0.29, 0.717) is 28.8 Å². The van der Waals surface area contributed by atoms with Gasteiger partial charge in [-0.2, -0.15) is 4.72 Å². The topological polar surface area (TPSA) is 77.8 Å². The highest BCUT2D eigenvalue weighted by atomic mass is 32.2. The fourth-order valence-electron chi connectivity index (χ4n) is 3.34. The number of hydrogen-bond acceptors (Lipinski definition) is 5. The van der Waals surface area contributed by atoms with Gasteiger partial charge >= 0.3 is 5.91 Å². The summed E-state index contributed by atoms with van der Waals surface area (Å²) in [5.74, 6) is 0.673. The maximum absolute atomic E-state index is 12.7. The van der Waals surface area contributed by atoms with Crippen molar-refractivity contribution in [2.24, 2.45) is 0 Å². The summed E-state index contributed by atoms with van der Waals surface area (Å²) in [6.45, 7) is 2.30. The second-order valence-corrected chi connectivity index (χ2v) is 8.49. The number of rotatable bonds is 7. The molecule has 29 heavy (non-hydrogen) atoms. The quantitative estimate of drug-likeness (QED) is 0.588. The van der Waals surface area contributed by atoms with Crippen LogP contribution in [0, 0.1) is 0 Å². The molecule has 1 saturated carbocycles. The molecule has 1 heterocycles. The summed E-state index contributed by atoms with van der Waals surface area (Å²) in [7, 11) is 3.94. The molecule has 152 valence electrons. The molecule has 1 N–H and O–H groups in total. The summed E-state index contributed by atoms with van der Waals surface area (Å²) in [6.07, 6.45) is 2.37. The van der Waals surface area contributed by atoms with Crippen LogP contribution in [-0.2, 0) is 11.4 Å². The Hall–Kier alpha value is -2.64. The maximum Gasteiger partial charge on any atom is 0.328 e. The molecule has 3 aromatic rings. The van der Waals surface area contributed by atoms with E-state index < -0.39 is 17.3 Å². The summed E-state index contributed by atoms with van der Waals surface area (Å²) in [5, 5.41) is 0.866. The number of anilines is 1. The van der Waals surface area contributed by atoms with E-state index in [1.165, 1.54) is 18.4 Å². The van der Waals surface area contributed by atoms with E-state index in [1.54, 1.807) is 30.3 Å². The van der Waals surface area contributed by atoms with E-state index >= 15 is 0 Å². The van der Waals surface area contributed by atoms with E-state index in [-0.39, 0.29) is 5.76 Å². The summed E-state index contributed by atoms with van der Waals surface area (Å²) < 4.78 is 26.6. The van der Waals surface area contributed by atoms with Crippen molar-refractivity contribution in [1.29, 1.82) is 0 Å². The average molecular weight is 413 g/mol. The summed E-state index contributed by atoms with van der Waals surface area (Å²) in [5.41, 5.74) is 2.91. The van der Waals surface area contributed by atoms with Gasteiger partial charge in [0.2, 0.25) is 4.90 Å². The molecule has 0 spiro atoms. The number of carbonyl (C=O) groups excluding carboxylic acids is 1. The molecule has 1 aliphatic carbocycles. The normalized spacial score (nSPS) is 14.6. The van der Waals surface area contributed by atoms with Crippen molar-refractivity contribution in [2.45, 2.75) is 30.6 Å². The third-order valence-corrected chi connectivity index (χ3v) is 6.03. The van der Waals surface area contributed by atoms with Gasteiger partial charge in [-0.05, 0) is 61.6 Å². The maximum atomic E-state index is 12.7. The highest BCUT2D eigenvalue weighted by Crippen LogP contribution is 2.43. The number of hydrogen-bond donors (Lipinski definition) is 1. The number of amides is 1. The molecule has 0 saturated heterocycles. The monoisotopic (exact) mass is 412 g/mol. The van der Waals surface area contributed by atoms with E-state index in [1.807, 2.05) is 32.0 Å². The number of para-hydroxylation sites is 1. The number of furan rings is 1. The van der Waals surface area contributed by atoms with Gasteiger partial charge in [0.05, 0.1) is 6.61 Å². The Morgan fingerprint density at radius 1 is 1.28 bits per heavy atom. The Labute approximate surface area is 173 Å². The van der Waals surface area contributed by atoms with Gasteiger partial charge in [-0.15, -0.1) is 0 Å². The minimum Gasteiger partial charge on any atom is -0.588 e. The molecule has 0 aliphatic heterocycles. The largest absolute Gasteiger partial charge is 0.588 e. The van der Waals surface area contributed by atoms with Crippen molar-refractivity contribution >= 4 is 33.9 Å². The number of nitrogens with one attached hydrogen (secondary N) is 1. The lowest BCUT2D eigenvalue weighted by atomic mass is 10.1. The summed E-state index contributed by atoms with van der Waals surface area (Å²) in [6, 6.07) is 12.8. The van der Waals surface area contributed by atoms with E-state index in [2.05, 4.69) is 10.8 Å². The Morgan fingerprint density at radius 2 is 2.03 bits per heavy atom. The first-order valence-electron chi connectivity index (χ1n) is 9.67. The van der Waals surface area contributed by atoms with Crippen LogP contribution in [0.1, 0.15) is 41.8 Å². The Kier molecular flexibility index (Phi) is 5.43. The van der Waals surface area contributed by atoms with Crippen LogP contribution in [0.4, 0.5) is 5.69 Å². The first-order valence-corrected chi connectivity index (χ1v) is 10.8. The number of benzene rings is 2. The lowest BCUT2D eigenvalue weighted by molar-refractivity contribution is 0.0956. The highest BCUT2D eigenvalue weighted by molar-refractivity contribution is 7.90. The molecule has 7 heteroatoms. The predicted molar refractivity (Wildman–Crippen MR) is 114 cm³/mol. The van der Waals surface area contributed by atoms with Gasteiger partial charge in [-0.25, -0.2) is 0 Å². The Balaban J connectivity index is 1.61. The zero-order valence-corrected chi connectivity index (χ0v) is 17.5. The van der Waals surface area contributed by atoms with Crippen LogP contribution in [0.25, 0.3) is 11.0 Å². The molecular formula is C22H24N2O4S. The minimum atomic E-state index is -1.76. The Bertz CT molecular complexity index is 1040. The average Bonchev–Trinajstić information content (AvgIpc) is 3.46. The third kappa shape index (κ3) is 4.06. The van der Waals surface area contributed by atoms with E-state index in [4.69, 9.17) is 9.15 Å². The van der Waals surface area contributed by atoms with Crippen molar-refractivity contribution in [1.82, 2.24) is 4.72 Å².